The number of hydrogen-bond donors (Lipinski definition) is 1. The summed E-state index contributed by atoms with van der Waals surface area (Å²) in [4.78, 5) is 34.8. The van der Waals surface area contributed by atoms with Gasteiger partial charge in [-0.25, -0.2) is 23.8 Å². The van der Waals surface area contributed by atoms with Gasteiger partial charge in [-0.3, -0.25) is 4.79 Å². The Labute approximate surface area is 257 Å². The summed E-state index contributed by atoms with van der Waals surface area (Å²) in [6.45, 7) is 6.03. The number of carbonyl (C=O) groups excluding carboxylic acids is 2. The molecule has 3 heterocycles. The molecule has 4 aliphatic rings. The van der Waals surface area contributed by atoms with Crippen LogP contribution in [0.25, 0.3) is 11.8 Å². The lowest BCUT2D eigenvalue weighted by Crippen LogP contribution is -2.63. The van der Waals surface area contributed by atoms with Gasteiger partial charge < -0.3 is 14.3 Å². The fraction of sp³-hybridized carbons (Fsp3) is 0.531. The van der Waals surface area contributed by atoms with Gasteiger partial charge in [-0.1, -0.05) is 26.3 Å². The summed E-state index contributed by atoms with van der Waals surface area (Å²) in [5.41, 5.74) is 0.863. The van der Waals surface area contributed by atoms with Crippen molar-refractivity contribution in [3.8, 4) is 5.69 Å². The number of halogens is 2. The molecule has 2 unspecified atom stereocenters. The van der Waals surface area contributed by atoms with Crippen molar-refractivity contribution in [1.29, 1.82) is 0 Å². The molecule has 8 atom stereocenters. The van der Waals surface area contributed by atoms with Gasteiger partial charge in [0.05, 0.1) is 29.9 Å². The molecule has 3 aromatic rings. The lowest BCUT2D eigenvalue weighted by molar-refractivity contribution is -0.179. The molecular formula is C32H34F2N4O5S. The van der Waals surface area contributed by atoms with Crippen molar-refractivity contribution in [2.45, 2.75) is 64.6 Å². The maximum absolute atomic E-state index is 13.9. The molecule has 0 aromatic carbocycles. The molecule has 0 spiro atoms. The molecule has 3 aromatic heterocycles. The Bertz CT molecular complexity index is 1640. The zero-order chi connectivity index (χ0) is 31.0. The summed E-state index contributed by atoms with van der Waals surface area (Å²) < 4.78 is 40.1. The molecule has 0 amide bonds. The van der Waals surface area contributed by atoms with Crippen molar-refractivity contribution < 1.29 is 32.6 Å². The highest BCUT2D eigenvalue weighted by Gasteiger charge is 2.73. The van der Waals surface area contributed by atoms with Crippen molar-refractivity contribution in [2.75, 3.05) is 6.01 Å². The normalized spacial score (nSPS) is 35.6. The molecule has 1 N–H and O–H groups in total. The first-order valence-electron chi connectivity index (χ1n) is 15.0. The number of pyridine rings is 1. The van der Waals surface area contributed by atoms with Crippen LogP contribution in [-0.4, -0.2) is 53.7 Å². The zero-order valence-electron chi connectivity index (χ0n) is 24.7. The topological polar surface area (TPSA) is 120 Å². The molecule has 44 heavy (non-hydrogen) atoms. The van der Waals surface area contributed by atoms with Gasteiger partial charge in [0.25, 0.3) is 0 Å². The van der Waals surface area contributed by atoms with Gasteiger partial charge in [-0.15, -0.1) is 0 Å². The van der Waals surface area contributed by atoms with E-state index in [1.165, 1.54) is 17.8 Å². The maximum Gasteiger partial charge on any atom is 0.361 e. The summed E-state index contributed by atoms with van der Waals surface area (Å²) >= 11 is 0.514. The van der Waals surface area contributed by atoms with Crippen molar-refractivity contribution in [2.24, 2.45) is 34.5 Å². The number of alkyl halides is 1. The van der Waals surface area contributed by atoms with Crippen LogP contribution >= 0.6 is 11.8 Å². The molecule has 3 saturated carbocycles. The molecule has 232 valence electrons. The van der Waals surface area contributed by atoms with E-state index < -0.39 is 46.1 Å². The molecule has 4 aliphatic carbocycles. The van der Waals surface area contributed by atoms with Gasteiger partial charge in [-0.05, 0) is 90.8 Å². The minimum absolute atomic E-state index is 0.0436. The van der Waals surface area contributed by atoms with Crippen LogP contribution in [-0.2, 0) is 16.0 Å². The average molecular weight is 625 g/mol. The van der Waals surface area contributed by atoms with Gasteiger partial charge in [0, 0.05) is 11.3 Å². The zero-order valence-corrected chi connectivity index (χ0v) is 25.5. The summed E-state index contributed by atoms with van der Waals surface area (Å²) in [6.07, 6.45) is 10.0. The quantitative estimate of drug-likeness (QED) is 0.287. The first-order valence-corrected chi connectivity index (χ1v) is 15.9. The Morgan fingerprint density at radius 3 is 2.77 bits per heavy atom. The van der Waals surface area contributed by atoms with Gasteiger partial charge in [0.2, 0.25) is 11.1 Å². The highest BCUT2D eigenvalue weighted by atomic mass is 32.2. The number of aliphatic hydroxyl groups excluding tert-OH is 1. The Morgan fingerprint density at radius 2 is 2.07 bits per heavy atom. The van der Waals surface area contributed by atoms with Gasteiger partial charge >= 0.3 is 5.97 Å². The molecular weight excluding hydrogens is 590 g/mol. The second-order valence-electron chi connectivity index (χ2n) is 13.3. The number of aliphatic hydroxyl groups is 1. The van der Waals surface area contributed by atoms with Crippen LogP contribution in [0.2, 0.25) is 0 Å². The molecule has 12 heteroatoms. The predicted molar refractivity (Wildman–Crippen MR) is 157 cm³/mol. The van der Waals surface area contributed by atoms with Gasteiger partial charge in [0.15, 0.2) is 17.7 Å². The lowest BCUT2D eigenvalue weighted by atomic mass is 9.45. The van der Waals surface area contributed by atoms with E-state index in [2.05, 4.69) is 28.1 Å². The van der Waals surface area contributed by atoms with E-state index in [0.717, 1.165) is 36.8 Å². The maximum atomic E-state index is 13.9. The summed E-state index contributed by atoms with van der Waals surface area (Å²) in [7, 11) is 0. The number of aromatic nitrogens is 4. The third-order valence-electron chi connectivity index (χ3n) is 11.3. The number of allylic oxidation sites excluding steroid dienone is 1. The van der Waals surface area contributed by atoms with Crippen molar-refractivity contribution in [3.63, 3.8) is 0 Å². The van der Waals surface area contributed by atoms with E-state index in [1.807, 2.05) is 20.0 Å². The molecule has 0 radical (unpaired) electrons. The SMILES string of the molecule is C[C@@H]1CC2[C@@H]3CCC4=Cc5c(cnn5-c5ccc(F)nc5)C[C@]4(C)C3[C@@H](O)C[C@]2(C)[C@@]1(OC(=O)c1cocn1)C(=O)SCF. The minimum atomic E-state index is -1.64. The average Bonchev–Trinajstić information content (AvgIpc) is 3.71. The number of esters is 1. The molecule has 9 nitrogen and oxygen atoms in total. The van der Waals surface area contributed by atoms with Gasteiger partial charge in [-0.2, -0.15) is 9.49 Å². The summed E-state index contributed by atoms with van der Waals surface area (Å²) in [6, 6.07) is 2.02. The fourth-order valence-electron chi connectivity index (χ4n) is 9.56. The van der Waals surface area contributed by atoms with E-state index in [1.54, 1.807) is 10.7 Å². The number of oxazole rings is 1. The standard InChI is InChI=1S/C32H34F2N4O5S/c1-17-8-22-21-6-4-19-9-24-18(12-37-38(24)20-5-7-26(34)35-13-20)10-30(19,2)27(21)25(39)11-31(22,3)32(17,29(41)44-15-33)43-28(40)23-14-42-16-36-23/h5,7,9,12-14,16-17,21-22,25,27,39H,4,6,8,10-11,15H2,1-3H3/t17-,21+,22?,25+,27?,30+,31+,32+/m1/s1. The number of hydrogen-bond acceptors (Lipinski definition) is 9. The monoisotopic (exact) mass is 624 g/mol. The largest absolute Gasteiger partial charge is 0.451 e. The Hall–Kier alpha value is -3.38. The van der Waals surface area contributed by atoms with Crippen LogP contribution in [0.15, 0.2) is 47.2 Å². The van der Waals surface area contributed by atoms with E-state index in [4.69, 9.17) is 9.15 Å². The van der Waals surface area contributed by atoms with Crippen LogP contribution in [0.1, 0.15) is 68.2 Å². The van der Waals surface area contributed by atoms with Crippen LogP contribution in [0.4, 0.5) is 8.78 Å². The minimum Gasteiger partial charge on any atom is -0.451 e. The van der Waals surface area contributed by atoms with Crippen molar-refractivity contribution >= 4 is 28.9 Å². The predicted octanol–water partition coefficient (Wildman–Crippen LogP) is 5.58. The van der Waals surface area contributed by atoms with E-state index in [-0.39, 0.29) is 35.3 Å². The number of thioether (sulfide) groups is 1. The molecule has 0 saturated heterocycles. The number of nitrogens with zero attached hydrogens (tertiary/aromatic N) is 4. The van der Waals surface area contributed by atoms with E-state index in [9.17, 15) is 23.5 Å². The lowest BCUT2D eigenvalue weighted by Gasteiger charge is -2.60. The first kappa shape index (κ1) is 29.3. The van der Waals surface area contributed by atoms with E-state index in [0.29, 0.717) is 30.3 Å². The number of rotatable bonds is 5. The number of carbonyl (C=O) groups is 2. The number of fused-ring (bicyclic) bond motifs is 6. The Kier molecular flexibility index (Phi) is 6.89. The third-order valence-corrected chi connectivity index (χ3v) is 12.0. The highest BCUT2D eigenvalue weighted by molar-refractivity contribution is 8.13. The number of ether oxygens (including phenoxy) is 1. The van der Waals surface area contributed by atoms with Crippen molar-refractivity contribution in [3.05, 3.63) is 65.7 Å². The van der Waals surface area contributed by atoms with Crippen LogP contribution in [0.5, 0.6) is 0 Å². The molecule has 7 rings (SSSR count). The fourth-order valence-corrected chi connectivity index (χ4v) is 10.4. The third kappa shape index (κ3) is 4.02. The highest BCUT2D eigenvalue weighted by Crippen LogP contribution is 2.70. The van der Waals surface area contributed by atoms with Crippen molar-refractivity contribution in [1.82, 2.24) is 19.7 Å². The summed E-state index contributed by atoms with van der Waals surface area (Å²) in [5, 5.41) is 16.1. The van der Waals surface area contributed by atoms with Crippen LogP contribution in [0, 0.1) is 40.4 Å². The Morgan fingerprint density at radius 1 is 1.25 bits per heavy atom. The van der Waals surface area contributed by atoms with Crippen LogP contribution < -0.4 is 0 Å². The van der Waals surface area contributed by atoms with E-state index >= 15 is 0 Å². The molecule has 3 fully saturated rings. The molecule has 0 bridgehead atoms. The Balaban J connectivity index is 1.25. The second-order valence-corrected chi connectivity index (χ2v) is 14.1. The van der Waals surface area contributed by atoms with Gasteiger partial charge in [0.1, 0.15) is 12.3 Å². The first-order chi connectivity index (χ1) is 21.0. The second kappa shape index (κ2) is 10.3. The summed E-state index contributed by atoms with van der Waals surface area (Å²) in [5.74, 6) is -1.87. The smallest absolute Gasteiger partial charge is 0.361 e. The van der Waals surface area contributed by atoms with Crippen LogP contribution in [0.3, 0.4) is 0 Å². The molecule has 0 aliphatic heterocycles.